The van der Waals surface area contributed by atoms with Gasteiger partial charge in [0.2, 0.25) is 0 Å². The lowest BCUT2D eigenvalue weighted by Crippen LogP contribution is -2.25. The van der Waals surface area contributed by atoms with Crippen LogP contribution >= 0.6 is 0 Å². The molecular weight excluding hydrogens is 226 g/mol. The third-order valence-corrected chi connectivity index (χ3v) is 2.70. The topological polar surface area (TPSA) is 46.9 Å². The van der Waals surface area contributed by atoms with Crippen LogP contribution in [0, 0.1) is 13.8 Å². The molecule has 0 spiro atoms. The molecule has 0 saturated carbocycles. The Bertz CT molecular complexity index is 572. The minimum Gasteiger partial charge on any atom is -0.383 e. The third-order valence-electron chi connectivity index (χ3n) is 2.70. The van der Waals surface area contributed by atoms with E-state index >= 15 is 0 Å². The molecule has 0 saturated heterocycles. The summed E-state index contributed by atoms with van der Waals surface area (Å²) in [6.45, 7) is 5.18. The second-order valence-corrected chi connectivity index (χ2v) is 4.33. The van der Waals surface area contributed by atoms with Crippen LogP contribution in [0.5, 0.6) is 0 Å². The number of aryl methyl sites for hydroxylation is 2. The van der Waals surface area contributed by atoms with E-state index in [0.717, 1.165) is 11.4 Å². The summed E-state index contributed by atoms with van der Waals surface area (Å²) in [5.41, 5.74) is 3.08. The van der Waals surface area contributed by atoms with Gasteiger partial charge < -0.3 is 5.32 Å². The summed E-state index contributed by atoms with van der Waals surface area (Å²) in [4.78, 5) is 11.5. The number of rotatable bonds is 4. The molecule has 2 aromatic rings. The van der Waals surface area contributed by atoms with Crippen LogP contribution in [0.2, 0.25) is 0 Å². The van der Waals surface area contributed by atoms with Crippen LogP contribution < -0.4 is 10.9 Å². The van der Waals surface area contributed by atoms with Crippen molar-refractivity contribution in [1.82, 2.24) is 9.78 Å². The van der Waals surface area contributed by atoms with Crippen molar-refractivity contribution < 1.29 is 0 Å². The maximum absolute atomic E-state index is 11.5. The first-order valence-corrected chi connectivity index (χ1v) is 6.00. The molecule has 4 nitrogen and oxygen atoms in total. The van der Waals surface area contributed by atoms with Crippen LogP contribution in [0.4, 0.5) is 5.69 Å². The third kappa shape index (κ3) is 3.20. The van der Waals surface area contributed by atoms with Gasteiger partial charge in [0.1, 0.15) is 0 Å². The van der Waals surface area contributed by atoms with E-state index in [4.69, 9.17) is 0 Å². The van der Waals surface area contributed by atoms with Crippen LogP contribution in [0.25, 0.3) is 0 Å². The predicted molar refractivity (Wildman–Crippen MR) is 72.9 cm³/mol. The highest BCUT2D eigenvalue weighted by Gasteiger charge is 1.97. The molecule has 1 aromatic carbocycles. The standard InChI is InChI=1S/C14H17N3O/c1-11-3-6-13(7-4-11)15-9-10-17-14(18)8-5-12(2)16-17/h3-8,15H,9-10H2,1-2H3. The van der Waals surface area contributed by atoms with E-state index in [1.165, 1.54) is 10.2 Å². The van der Waals surface area contributed by atoms with E-state index in [1.807, 2.05) is 19.1 Å². The Morgan fingerprint density at radius 3 is 2.56 bits per heavy atom. The van der Waals surface area contributed by atoms with Gasteiger partial charge in [-0.3, -0.25) is 4.79 Å². The van der Waals surface area contributed by atoms with Gasteiger partial charge in [0.05, 0.1) is 12.2 Å². The van der Waals surface area contributed by atoms with Crippen LogP contribution in [0.3, 0.4) is 0 Å². The molecule has 0 bridgehead atoms. The Kier molecular flexibility index (Phi) is 3.77. The Balaban J connectivity index is 1.94. The molecule has 1 heterocycles. The maximum atomic E-state index is 11.5. The van der Waals surface area contributed by atoms with Gasteiger partial charge in [0, 0.05) is 18.3 Å². The van der Waals surface area contributed by atoms with Crippen molar-refractivity contribution in [3.05, 3.63) is 58.0 Å². The first-order valence-electron chi connectivity index (χ1n) is 6.00. The van der Waals surface area contributed by atoms with E-state index < -0.39 is 0 Å². The number of hydrogen-bond donors (Lipinski definition) is 1. The number of benzene rings is 1. The largest absolute Gasteiger partial charge is 0.383 e. The lowest BCUT2D eigenvalue weighted by atomic mass is 10.2. The van der Waals surface area contributed by atoms with Crippen LogP contribution in [-0.2, 0) is 6.54 Å². The van der Waals surface area contributed by atoms with Crippen molar-refractivity contribution >= 4 is 5.69 Å². The van der Waals surface area contributed by atoms with Crippen molar-refractivity contribution in [2.75, 3.05) is 11.9 Å². The molecule has 0 fully saturated rings. The lowest BCUT2D eigenvalue weighted by molar-refractivity contribution is 0.589. The molecule has 0 atom stereocenters. The fourth-order valence-electron chi connectivity index (χ4n) is 1.69. The number of hydrogen-bond acceptors (Lipinski definition) is 3. The Morgan fingerprint density at radius 2 is 1.83 bits per heavy atom. The normalized spacial score (nSPS) is 10.3. The second kappa shape index (κ2) is 5.49. The van der Waals surface area contributed by atoms with E-state index in [-0.39, 0.29) is 5.56 Å². The maximum Gasteiger partial charge on any atom is 0.266 e. The molecule has 0 unspecified atom stereocenters. The summed E-state index contributed by atoms with van der Waals surface area (Å²) in [5, 5.41) is 7.45. The smallest absolute Gasteiger partial charge is 0.266 e. The highest BCUT2D eigenvalue weighted by atomic mass is 16.1. The fraction of sp³-hybridized carbons (Fsp3) is 0.286. The van der Waals surface area contributed by atoms with Gasteiger partial charge in [-0.1, -0.05) is 17.7 Å². The molecule has 94 valence electrons. The molecule has 1 aromatic heterocycles. The van der Waals surface area contributed by atoms with Crippen molar-refractivity contribution in [3.63, 3.8) is 0 Å². The van der Waals surface area contributed by atoms with Crippen molar-refractivity contribution in [1.29, 1.82) is 0 Å². The zero-order chi connectivity index (χ0) is 13.0. The predicted octanol–water partition coefficient (Wildman–Crippen LogP) is 1.97. The Morgan fingerprint density at radius 1 is 1.11 bits per heavy atom. The number of aromatic nitrogens is 2. The molecule has 0 aliphatic rings. The first kappa shape index (κ1) is 12.4. The average Bonchev–Trinajstić information content (AvgIpc) is 2.36. The molecule has 0 aliphatic heterocycles. The van der Waals surface area contributed by atoms with Gasteiger partial charge in [-0.2, -0.15) is 5.10 Å². The Labute approximate surface area is 106 Å². The van der Waals surface area contributed by atoms with Gasteiger partial charge in [-0.05, 0) is 32.0 Å². The second-order valence-electron chi connectivity index (χ2n) is 4.33. The SMILES string of the molecule is Cc1ccc(NCCn2nc(C)ccc2=O)cc1. The van der Waals surface area contributed by atoms with Gasteiger partial charge in [-0.15, -0.1) is 0 Å². The Hall–Kier alpha value is -2.10. The van der Waals surface area contributed by atoms with Crippen molar-refractivity contribution in [2.45, 2.75) is 20.4 Å². The van der Waals surface area contributed by atoms with Gasteiger partial charge in [-0.25, -0.2) is 4.68 Å². The monoisotopic (exact) mass is 243 g/mol. The highest BCUT2D eigenvalue weighted by molar-refractivity contribution is 5.44. The van der Waals surface area contributed by atoms with Crippen molar-refractivity contribution in [2.24, 2.45) is 0 Å². The summed E-state index contributed by atoms with van der Waals surface area (Å²) >= 11 is 0. The summed E-state index contributed by atoms with van der Waals surface area (Å²) in [5.74, 6) is 0. The minimum atomic E-state index is -0.0636. The highest BCUT2D eigenvalue weighted by Crippen LogP contribution is 2.07. The summed E-state index contributed by atoms with van der Waals surface area (Å²) in [6.07, 6.45) is 0. The lowest BCUT2D eigenvalue weighted by Gasteiger charge is -2.08. The summed E-state index contributed by atoms with van der Waals surface area (Å²) < 4.78 is 1.48. The van der Waals surface area contributed by atoms with E-state index in [9.17, 15) is 4.79 Å². The molecule has 18 heavy (non-hydrogen) atoms. The summed E-state index contributed by atoms with van der Waals surface area (Å²) in [7, 11) is 0. The summed E-state index contributed by atoms with van der Waals surface area (Å²) in [6, 6.07) is 11.4. The van der Waals surface area contributed by atoms with Gasteiger partial charge in [0.15, 0.2) is 0 Å². The van der Waals surface area contributed by atoms with Crippen molar-refractivity contribution in [3.8, 4) is 0 Å². The molecule has 4 heteroatoms. The average molecular weight is 243 g/mol. The minimum absolute atomic E-state index is 0.0636. The quantitative estimate of drug-likeness (QED) is 0.893. The molecular formula is C14H17N3O. The molecule has 0 radical (unpaired) electrons. The van der Waals surface area contributed by atoms with Crippen LogP contribution in [-0.4, -0.2) is 16.3 Å². The zero-order valence-corrected chi connectivity index (χ0v) is 10.7. The molecule has 0 aliphatic carbocycles. The number of nitrogens with one attached hydrogen (secondary N) is 1. The zero-order valence-electron chi connectivity index (χ0n) is 10.7. The fourth-order valence-corrected chi connectivity index (χ4v) is 1.69. The molecule has 1 N–H and O–H groups in total. The number of nitrogens with zero attached hydrogens (tertiary/aromatic N) is 2. The van der Waals surface area contributed by atoms with Gasteiger partial charge in [0.25, 0.3) is 5.56 Å². The van der Waals surface area contributed by atoms with E-state index in [0.29, 0.717) is 13.1 Å². The molecule has 2 rings (SSSR count). The first-order chi connectivity index (χ1) is 8.65. The van der Waals surface area contributed by atoms with E-state index in [2.05, 4.69) is 29.5 Å². The van der Waals surface area contributed by atoms with Crippen LogP contribution in [0.1, 0.15) is 11.3 Å². The van der Waals surface area contributed by atoms with Crippen LogP contribution in [0.15, 0.2) is 41.2 Å². The number of anilines is 1. The van der Waals surface area contributed by atoms with E-state index in [1.54, 1.807) is 12.1 Å². The molecule has 0 amide bonds. The van der Waals surface area contributed by atoms with Gasteiger partial charge >= 0.3 is 0 Å².